The van der Waals surface area contributed by atoms with Gasteiger partial charge in [0.05, 0.1) is 6.10 Å². The minimum Gasteiger partial charge on any atom is -0.378 e. The minimum absolute atomic E-state index is 0.274. The first-order chi connectivity index (χ1) is 6.27. The zero-order valence-corrected chi connectivity index (χ0v) is 8.46. The molecule has 0 amide bonds. The van der Waals surface area contributed by atoms with Crippen molar-refractivity contribution >= 4 is 0 Å². The summed E-state index contributed by atoms with van der Waals surface area (Å²) in [6.07, 6.45) is 3.96. The van der Waals surface area contributed by atoms with Crippen LogP contribution in [0.5, 0.6) is 0 Å². The molecule has 2 unspecified atom stereocenters. The summed E-state index contributed by atoms with van der Waals surface area (Å²) >= 11 is 0. The molecule has 2 aliphatic rings. The van der Waals surface area contributed by atoms with E-state index in [-0.39, 0.29) is 5.54 Å². The Morgan fingerprint density at radius 1 is 1.54 bits per heavy atom. The molecule has 0 aliphatic carbocycles. The molecule has 2 rings (SSSR count). The van der Waals surface area contributed by atoms with E-state index in [9.17, 15) is 0 Å². The molecule has 76 valence electrons. The molecular weight excluding hydrogens is 164 g/mol. The molecule has 13 heavy (non-hydrogen) atoms. The van der Waals surface area contributed by atoms with Gasteiger partial charge in [-0.3, -0.25) is 4.90 Å². The van der Waals surface area contributed by atoms with Crippen molar-refractivity contribution in [2.24, 2.45) is 5.73 Å². The Hall–Kier alpha value is -0.120. The molecule has 2 saturated heterocycles. The normalized spacial score (nSPS) is 41.5. The van der Waals surface area contributed by atoms with Gasteiger partial charge in [0.2, 0.25) is 0 Å². The van der Waals surface area contributed by atoms with Crippen molar-refractivity contribution in [1.82, 2.24) is 4.90 Å². The standard InChI is InChI=1S/C10H20N2O/c1-9-7-10(8-11,3-6-13-9)12-4-2-5-12/h9H,2-8,11H2,1H3. The molecule has 3 heteroatoms. The summed E-state index contributed by atoms with van der Waals surface area (Å²) in [6.45, 7) is 6.31. The first-order valence-corrected chi connectivity index (χ1v) is 5.33. The van der Waals surface area contributed by atoms with Crippen molar-refractivity contribution in [2.45, 2.75) is 37.8 Å². The zero-order chi connectivity index (χ0) is 9.31. The van der Waals surface area contributed by atoms with Crippen LogP contribution < -0.4 is 5.73 Å². The Balaban J connectivity index is 2.03. The summed E-state index contributed by atoms with van der Waals surface area (Å²) in [5.41, 5.74) is 6.19. The molecule has 0 aromatic heterocycles. The Morgan fingerprint density at radius 2 is 2.31 bits per heavy atom. The van der Waals surface area contributed by atoms with E-state index in [1.54, 1.807) is 0 Å². The van der Waals surface area contributed by atoms with Crippen LogP contribution in [0.15, 0.2) is 0 Å². The van der Waals surface area contributed by atoms with Crippen LogP contribution in [0, 0.1) is 0 Å². The molecule has 2 atom stereocenters. The summed E-state index contributed by atoms with van der Waals surface area (Å²) in [6, 6.07) is 0. The maximum atomic E-state index is 5.91. The monoisotopic (exact) mass is 184 g/mol. The predicted molar refractivity (Wildman–Crippen MR) is 52.6 cm³/mol. The third-order valence-corrected chi connectivity index (χ3v) is 3.54. The Kier molecular flexibility index (Phi) is 2.58. The third-order valence-electron chi connectivity index (χ3n) is 3.54. The number of hydrogen-bond acceptors (Lipinski definition) is 3. The molecule has 0 bridgehead atoms. The lowest BCUT2D eigenvalue weighted by Gasteiger charge is -2.51. The van der Waals surface area contributed by atoms with Crippen molar-refractivity contribution in [2.75, 3.05) is 26.2 Å². The van der Waals surface area contributed by atoms with Gasteiger partial charge in [0.15, 0.2) is 0 Å². The fraction of sp³-hybridized carbons (Fsp3) is 1.00. The van der Waals surface area contributed by atoms with Gasteiger partial charge in [0.25, 0.3) is 0 Å². The van der Waals surface area contributed by atoms with Crippen LogP contribution in [-0.2, 0) is 4.74 Å². The SMILES string of the molecule is CC1CC(CN)(N2CCC2)CCO1. The van der Waals surface area contributed by atoms with Crippen molar-refractivity contribution in [3.8, 4) is 0 Å². The average Bonchev–Trinajstić information content (AvgIpc) is 2.01. The number of nitrogens with two attached hydrogens (primary N) is 1. The second-order valence-electron chi connectivity index (χ2n) is 4.40. The largest absolute Gasteiger partial charge is 0.378 e. The number of rotatable bonds is 2. The molecule has 0 aromatic rings. The number of hydrogen-bond donors (Lipinski definition) is 1. The van der Waals surface area contributed by atoms with E-state index < -0.39 is 0 Å². The minimum atomic E-state index is 0.274. The predicted octanol–water partition coefficient (Wildman–Crippen LogP) is 0.588. The Morgan fingerprint density at radius 3 is 2.77 bits per heavy atom. The van der Waals surface area contributed by atoms with Gasteiger partial charge in [0.1, 0.15) is 0 Å². The van der Waals surface area contributed by atoms with E-state index in [1.165, 1.54) is 19.5 Å². The highest BCUT2D eigenvalue weighted by atomic mass is 16.5. The molecular formula is C10H20N2O. The molecule has 0 saturated carbocycles. The van der Waals surface area contributed by atoms with Crippen LogP contribution in [0.25, 0.3) is 0 Å². The first kappa shape index (κ1) is 9.44. The van der Waals surface area contributed by atoms with Crippen LogP contribution in [0.3, 0.4) is 0 Å². The molecule has 2 aliphatic heterocycles. The lowest BCUT2D eigenvalue weighted by Crippen LogP contribution is -2.62. The highest BCUT2D eigenvalue weighted by Crippen LogP contribution is 2.33. The third kappa shape index (κ3) is 1.60. The molecule has 3 nitrogen and oxygen atoms in total. The molecule has 0 radical (unpaired) electrons. The second kappa shape index (κ2) is 3.56. The average molecular weight is 184 g/mol. The second-order valence-corrected chi connectivity index (χ2v) is 4.40. The number of likely N-dealkylation sites (tertiary alicyclic amines) is 1. The smallest absolute Gasteiger partial charge is 0.0565 e. The lowest BCUT2D eigenvalue weighted by atomic mass is 9.83. The van der Waals surface area contributed by atoms with E-state index in [4.69, 9.17) is 10.5 Å². The van der Waals surface area contributed by atoms with Gasteiger partial charge in [-0.1, -0.05) is 0 Å². The molecule has 2 fully saturated rings. The molecule has 0 spiro atoms. The number of nitrogens with zero attached hydrogens (tertiary/aromatic N) is 1. The maximum Gasteiger partial charge on any atom is 0.0565 e. The maximum absolute atomic E-state index is 5.91. The van der Waals surface area contributed by atoms with Crippen LogP contribution >= 0.6 is 0 Å². The van der Waals surface area contributed by atoms with Gasteiger partial charge < -0.3 is 10.5 Å². The zero-order valence-electron chi connectivity index (χ0n) is 8.46. The summed E-state index contributed by atoms with van der Waals surface area (Å²) < 4.78 is 5.57. The quantitative estimate of drug-likeness (QED) is 0.682. The van der Waals surface area contributed by atoms with Gasteiger partial charge >= 0.3 is 0 Å². The van der Waals surface area contributed by atoms with Gasteiger partial charge in [-0.25, -0.2) is 0 Å². The van der Waals surface area contributed by atoms with Crippen LogP contribution in [-0.4, -0.2) is 42.8 Å². The van der Waals surface area contributed by atoms with Crippen LogP contribution in [0.2, 0.25) is 0 Å². The topological polar surface area (TPSA) is 38.5 Å². The molecule has 2 heterocycles. The van der Waals surface area contributed by atoms with E-state index in [0.717, 1.165) is 26.0 Å². The fourth-order valence-electron chi connectivity index (χ4n) is 2.54. The highest BCUT2D eigenvalue weighted by Gasteiger charge is 2.41. The van der Waals surface area contributed by atoms with Crippen molar-refractivity contribution in [1.29, 1.82) is 0 Å². The Bertz CT molecular complexity index is 182. The molecule has 2 N–H and O–H groups in total. The van der Waals surface area contributed by atoms with E-state index in [2.05, 4.69) is 11.8 Å². The van der Waals surface area contributed by atoms with Crippen molar-refractivity contribution in [3.63, 3.8) is 0 Å². The summed E-state index contributed by atoms with van der Waals surface area (Å²) in [7, 11) is 0. The lowest BCUT2D eigenvalue weighted by molar-refractivity contribution is -0.0825. The van der Waals surface area contributed by atoms with Gasteiger partial charge in [-0.2, -0.15) is 0 Å². The molecule has 0 aromatic carbocycles. The summed E-state index contributed by atoms with van der Waals surface area (Å²) in [5.74, 6) is 0. The van der Waals surface area contributed by atoms with Crippen LogP contribution in [0.4, 0.5) is 0 Å². The van der Waals surface area contributed by atoms with Gasteiger partial charge in [0, 0.05) is 18.7 Å². The van der Waals surface area contributed by atoms with Crippen molar-refractivity contribution in [3.05, 3.63) is 0 Å². The van der Waals surface area contributed by atoms with Gasteiger partial charge in [-0.05, 0) is 39.3 Å². The fourth-order valence-corrected chi connectivity index (χ4v) is 2.54. The number of ether oxygens (including phenoxy) is 1. The first-order valence-electron chi connectivity index (χ1n) is 5.33. The van der Waals surface area contributed by atoms with E-state index in [0.29, 0.717) is 6.10 Å². The summed E-state index contributed by atoms with van der Waals surface area (Å²) in [5, 5.41) is 0. The van der Waals surface area contributed by atoms with E-state index in [1.807, 2.05) is 0 Å². The Labute approximate surface area is 80.2 Å². The summed E-state index contributed by atoms with van der Waals surface area (Å²) in [4.78, 5) is 2.55. The van der Waals surface area contributed by atoms with Crippen molar-refractivity contribution < 1.29 is 4.74 Å². The van der Waals surface area contributed by atoms with Crippen LogP contribution in [0.1, 0.15) is 26.2 Å². The van der Waals surface area contributed by atoms with E-state index >= 15 is 0 Å². The highest BCUT2D eigenvalue weighted by molar-refractivity contribution is 4.98. The van der Waals surface area contributed by atoms with Gasteiger partial charge in [-0.15, -0.1) is 0 Å².